The lowest BCUT2D eigenvalue weighted by Gasteiger charge is -2.27. The number of carbonyl (C=O) groups is 1. The highest BCUT2D eigenvalue weighted by atomic mass is 19.4. The Bertz CT molecular complexity index is 1430. The van der Waals surface area contributed by atoms with Gasteiger partial charge in [0.05, 0.1) is 25.8 Å². The molecule has 1 aliphatic rings. The number of aryl methyl sites for hydroxylation is 2. The van der Waals surface area contributed by atoms with Crippen LogP contribution in [0.4, 0.5) is 30.8 Å². The van der Waals surface area contributed by atoms with Crippen LogP contribution in [0.1, 0.15) is 23.4 Å². The van der Waals surface area contributed by atoms with Crippen molar-refractivity contribution in [3.63, 3.8) is 0 Å². The number of amides is 1. The highest BCUT2D eigenvalue weighted by Gasteiger charge is 2.35. The number of benzene rings is 2. The van der Waals surface area contributed by atoms with E-state index >= 15 is 0 Å². The van der Waals surface area contributed by atoms with Gasteiger partial charge in [-0.1, -0.05) is 18.2 Å². The third-order valence-electron chi connectivity index (χ3n) is 5.67. The first-order chi connectivity index (χ1) is 17.2. The maximum Gasteiger partial charge on any atom is 0.416 e. The highest BCUT2D eigenvalue weighted by Crippen LogP contribution is 2.34. The van der Waals surface area contributed by atoms with E-state index in [1.54, 1.807) is 36.1 Å². The number of ether oxygens (including phenoxy) is 1. The summed E-state index contributed by atoms with van der Waals surface area (Å²) >= 11 is 0. The van der Waals surface area contributed by atoms with E-state index in [1.165, 1.54) is 34.9 Å². The van der Waals surface area contributed by atoms with Crippen LogP contribution in [0.25, 0.3) is 5.69 Å². The molecule has 2 aromatic carbocycles. The minimum absolute atomic E-state index is 0.0204. The molecule has 0 saturated carbocycles. The van der Waals surface area contributed by atoms with Crippen LogP contribution in [0.5, 0.6) is 5.75 Å². The van der Waals surface area contributed by atoms with Gasteiger partial charge >= 0.3 is 6.18 Å². The maximum absolute atomic E-state index is 13.5. The Morgan fingerprint density at radius 1 is 1.14 bits per heavy atom. The van der Waals surface area contributed by atoms with E-state index in [1.807, 2.05) is 0 Å². The van der Waals surface area contributed by atoms with Crippen molar-refractivity contribution in [2.45, 2.75) is 32.6 Å². The number of hydrogen-bond acceptors (Lipinski definition) is 7. The van der Waals surface area contributed by atoms with Gasteiger partial charge in [-0.2, -0.15) is 23.3 Å². The number of methoxy groups -OCH3 is 1. The molecule has 186 valence electrons. The first kappa shape index (κ1) is 23.3. The molecule has 0 aliphatic carbocycles. The number of anilines is 3. The summed E-state index contributed by atoms with van der Waals surface area (Å²) in [5.74, 6) is 1.18. The van der Waals surface area contributed by atoms with Crippen molar-refractivity contribution in [2.24, 2.45) is 0 Å². The molecule has 1 aliphatic heterocycles. The molecule has 4 aromatic rings. The molecule has 0 radical (unpaired) electrons. The summed E-state index contributed by atoms with van der Waals surface area (Å²) in [4.78, 5) is 22.4. The summed E-state index contributed by atoms with van der Waals surface area (Å²) in [6, 6.07) is 10.5. The lowest BCUT2D eigenvalue weighted by atomic mass is 10.1. The topological polar surface area (TPSA) is 103 Å². The summed E-state index contributed by atoms with van der Waals surface area (Å²) in [7, 11) is 1.53. The molecule has 0 saturated heterocycles. The molecule has 36 heavy (non-hydrogen) atoms. The Balaban J connectivity index is 1.42. The third kappa shape index (κ3) is 4.46. The summed E-state index contributed by atoms with van der Waals surface area (Å²) in [5, 5.41) is 11.7. The van der Waals surface area contributed by atoms with Gasteiger partial charge in [0.2, 0.25) is 17.8 Å². The normalized spacial score (nSPS) is 13.6. The Kier molecular flexibility index (Phi) is 5.82. The Morgan fingerprint density at radius 3 is 2.67 bits per heavy atom. The molecule has 0 spiro atoms. The van der Waals surface area contributed by atoms with Gasteiger partial charge in [0.1, 0.15) is 23.6 Å². The largest absolute Gasteiger partial charge is 0.494 e. The lowest BCUT2D eigenvalue weighted by molar-refractivity contribution is -0.138. The molecule has 10 nitrogen and oxygen atoms in total. The van der Waals surface area contributed by atoms with Crippen molar-refractivity contribution in [3.05, 3.63) is 65.7 Å². The Hall–Kier alpha value is -4.42. The van der Waals surface area contributed by atoms with Gasteiger partial charge in [-0.3, -0.25) is 9.69 Å². The third-order valence-corrected chi connectivity index (χ3v) is 5.67. The maximum atomic E-state index is 13.5. The van der Waals surface area contributed by atoms with Crippen LogP contribution in [0.2, 0.25) is 0 Å². The second kappa shape index (κ2) is 8.98. The first-order valence-electron chi connectivity index (χ1n) is 11.0. The molecule has 1 N–H and O–H groups in total. The fourth-order valence-electron chi connectivity index (χ4n) is 3.98. The molecule has 1 amide bonds. The van der Waals surface area contributed by atoms with Crippen molar-refractivity contribution >= 4 is 23.5 Å². The van der Waals surface area contributed by atoms with Crippen molar-refractivity contribution in [1.29, 1.82) is 0 Å². The average Bonchev–Trinajstić information content (AvgIpc) is 3.46. The zero-order chi connectivity index (χ0) is 25.4. The summed E-state index contributed by atoms with van der Waals surface area (Å²) in [5.41, 5.74) is 0.479. The van der Waals surface area contributed by atoms with Crippen LogP contribution in [0.3, 0.4) is 0 Å². The average molecular weight is 498 g/mol. The molecule has 13 heteroatoms. The van der Waals surface area contributed by atoms with Crippen LogP contribution in [0, 0.1) is 6.92 Å². The highest BCUT2D eigenvalue weighted by molar-refractivity contribution is 5.93. The van der Waals surface area contributed by atoms with Gasteiger partial charge in [-0.25, -0.2) is 14.3 Å². The monoisotopic (exact) mass is 498 g/mol. The molecule has 0 bridgehead atoms. The standard InChI is InChI=1S/C23H21F3N8O2/c1-14-27-13-34(30-14)18-8-7-16(11-19(18)36-2)28-21-29-22-32(20(35)9-10-33(22)31-21)12-15-5-3-4-6-17(15)23(24,25)26/h3-8,11,13H,9-10,12H2,1-2H3,(H,28,31). The lowest BCUT2D eigenvalue weighted by Crippen LogP contribution is -2.38. The van der Waals surface area contributed by atoms with E-state index in [0.717, 1.165) is 6.07 Å². The number of hydrogen-bond donors (Lipinski definition) is 1. The van der Waals surface area contributed by atoms with E-state index < -0.39 is 11.7 Å². The SMILES string of the molecule is COc1cc(Nc2nc3n(n2)CCC(=O)N3Cc2ccccc2C(F)(F)F)ccc1-n1cnc(C)n1. The van der Waals surface area contributed by atoms with Gasteiger partial charge in [0.25, 0.3) is 0 Å². The fourth-order valence-corrected chi connectivity index (χ4v) is 3.98. The number of carbonyl (C=O) groups excluding carboxylic acids is 1. The second-order valence-electron chi connectivity index (χ2n) is 8.09. The van der Waals surface area contributed by atoms with E-state index in [0.29, 0.717) is 22.9 Å². The van der Waals surface area contributed by atoms with E-state index in [-0.39, 0.29) is 42.9 Å². The van der Waals surface area contributed by atoms with E-state index in [4.69, 9.17) is 4.74 Å². The number of rotatable bonds is 6. The van der Waals surface area contributed by atoms with Crippen molar-refractivity contribution in [2.75, 3.05) is 17.3 Å². The Morgan fingerprint density at radius 2 is 1.94 bits per heavy atom. The molecule has 0 fully saturated rings. The predicted octanol–water partition coefficient (Wildman–Crippen LogP) is 3.88. The first-order valence-corrected chi connectivity index (χ1v) is 11.0. The number of halogens is 3. The van der Waals surface area contributed by atoms with Crippen LogP contribution in [-0.4, -0.2) is 42.5 Å². The van der Waals surface area contributed by atoms with Gasteiger partial charge in [-0.05, 0) is 30.7 Å². The number of fused-ring (bicyclic) bond motifs is 1. The Labute approximate surface area is 203 Å². The summed E-state index contributed by atoms with van der Waals surface area (Å²) in [6.07, 6.45) is -2.86. The van der Waals surface area contributed by atoms with Crippen LogP contribution >= 0.6 is 0 Å². The fraction of sp³-hybridized carbons (Fsp3) is 0.261. The number of nitrogens with zero attached hydrogens (tertiary/aromatic N) is 7. The molecule has 0 unspecified atom stereocenters. The van der Waals surface area contributed by atoms with Crippen molar-refractivity contribution < 1.29 is 22.7 Å². The molecule has 5 rings (SSSR count). The molecular weight excluding hydrogens is 477 g/mol. The second-order valence-corrected chi connectivity index (χ2v) is 8.09. The van der Waals surface area contributed by atoms with Crippen molar-refractivity contribution in [3.8, 4) is 11.4 Å². The quantitative estimate of drug-likeness (QED) is 0.430. The molecular formula is C23H21F3N8O2. The van der Waals surface area contributed by atoms with Gasteiger partial charge in [-0.15, -0.1) is 5.10 Å². The minimum atomic E-state index is -4.54. The smallest absolute Gasteiger partial charge is 0.416 e. The molecule has 2 aromatic heterocycles. The predicted molar refractivity (Wildman–Crippen MR) is 123 cm³/mol. The minimum Gasteiger partial charge on any atom is -0.494 e. The van der Waals surface area contributed by atoms with Crippen molar-refractivity contribution in [1.82, 2.24) is 29.5 Å². The van der Waals surface area contributed by atoms with Crippen LogP contribution < -0.4 is 15.0 Å². The van der Waals surface area contributed by atoms with Crippen LogP contribution in [0.15, 0.2) is 48.8 Å². The summed E-state index contributed by atoms with van der Waals surface area (Å²) < 4.78 is 49.0. The molecule has 3 heterocycles. The van der Waals surface area contributed by atoms with E-state index in [2.05, 4.69) is 25.5 Å². The summed E-state index contributed by atoms with van der Waals surface area (Å²) in [6.45, 7) is 1.78. The van der Waals surface area contributed by atoms with Crippen LogP contribution in [-0.2, 0) is 24.1 Å². The van der Waals surface area contributed by atoms with Gasteiger partial charge in [0.15, 0.2) is 0 Å². The number of nitrogens with one attached hydrogen (secondary N) is 1. The van der Waals surface area contributed by atoms with E-state index in [9.17, 15) is 18.0 Å². The zero-order valence-corrected chi connectivity index (χ0v) is 19.3. The number of aromatic nitrogens is 6. The van der Waals surface area contributed by atoms with Gasteiger partial charge < -0.3 is 10.1 Å². The number of alkyl halides is 3. The molecule has 0 atom stereocenters. The zero-order valence-electron chi connectivity index (χ0n) is 19.3. The van der Waals surface area contributed by atoms with Gasteiger partial charge in [0, 0.05) is 18.2 Å².